The average Bonchev–Trinajstić information content (AvgIpc) is 2.79. The van der Waals surface area contributed by atoms with Crippen molar-refractivity contribution in [1.82, 2.24) is 14.4 Å². The number of nitrogens with zero attached hydrogens (tertiary/aromatic N) is 3. The Bertz CT molecular complexity index is 812. The molecule has 0 unspecified atom stereocenters. The number of hydrogen-bond acceptors (Lipinski definition) is 3. The zero-order valence-electron chi connectivity index (χ0n) is 11.4. The summed E-state index contributed by atoms with van der Waals surface area (Å²) in [6.07, 6.45) is 4.75. The molecule has 3 rings (SSSR count). The summed E-state index contributed by atoms with van der Waals surface area (Å²) >= 11 is 0. The summed E-state index contributed by atoms with van der Waals surface area (Å²) in [6, 6.07) is 6.43. The lowest BCUT2D eigenvalue weighted by molar-refractivity contribution is -0.115. The summed E-state index contributed by atoms with van der Waals surface area (Å²) in [5, 5.41) is 2.78. The molecule has 0 aliphatic carbocycles. The second-order valence-corrected chi connectivity index (χ2v) is 4.76. The number of hydrogen-bond donors (Lipinski definition) is 1. The Morgan fingerprint density at radius 2 is 2.19 bits per heavy atom. The normalized spacial score (nSPS) is 10.8. The van der Waals surface area contributed by atoms with Gasteiger partial charge in [-0.2, -0.15) is 0 Å². The molecular weight excluding hydrogens is 271 g/mol. The van der Waals surface area contributed by atoms with E-state index in [1.807, 2.05) is 6.92 Å². The zero-order valence-corrected chi connectivity index (χ0v) is 11.4. The van der Waals surface area contributed by atoms with Gasteiger partial charge in [-0.1, -0.05) is 0 Å². The molecule has 0 aromatic carbocycles. The first-order valence-electron chi connectivity index (χ1n) is 6.46. The maximum Gasteiger partial charge on any atom is 0.230 e. The van der Waals surface area contributed by atoms with Crippen LogP contribution >= 0.6 is 0 Å². The fourth-order valence-corrected chi connectivity index (χ4v) is 2.10. The lowest BCUT2D eigenvalue weighted by Crippen LogP contribution is -2.14. The van der Waals surface area contributed by atoms with Crippen molar-refractivity contribution in [3.63, 3.8) is 0 Å². The van der Waals surface area contributed by atoms with E-state index in [0.29, 0.717) is 17.0 Å². The van der Waals surface area contributed by atoms with Crippen LogP contribution in [-0.4, -0.2) is 20.3 Å². The van der Waals surface area contributed by atoms with Crippen molar-refractivity contribution in [3.8, 4) is 0 Å². The average molecular weight is 284 g/mol. The van der Waals surface area contributed by atoms with Crippen LogP contribution in [0, 0.1) is 12.7 Å². The van der Waals surface area contributed by atoms with Gasteiger partial charge in [-0.25, -0.2) is 9.37 Å². The summed E-state index contributed by atoms with van der Waals surface area (Å²) < 4.78 is 14.7. The Labute approximate surface area is 120 Å². The summed E-state index contributed by atoms with van der Waals surface area (Å²) in [5.74, 6) is -0.521. The summed E-state index contributed by atoms with van der Waals surface area (Å²) in [7, 11) is 0. The first kappa shape index (κ1) is 13.2. The maximum atomic E-state index is 13.1. The maximum absolute atomic E-state index is 13.1. The monoisotopic (exact) mass is 284 g/mol. The van der Waals surface area contributed by atoms with Gasteiger partial charge in [-0.05, 0) is 31.2 Å². The van der Waals surface area contributed by atoms with Gasteiger partial charge in [0.05, 0.1) is 12.1 Å². The summed E-state index contributed by atoms with van der Waals surface area (Å²) in [4.78, 5) is 20.3. The zero-order chi connectivity index (χ0) is 14.8. The van der Waals surface area contributed by atoms with Crippen LogP contribution in [0.4, 0.5) is 10.1 Å². The molecule has 0 aliphatic heterocycles. The standard InChI is InChI=1S/C15H13FN4O/c1-10-6-12(4-5-17-10)19-15(21)7-13-9-20-8-11(16)2-3-14(20)18-13/h2-6,8-9H,7H2,1H3,(H,17,19,21). The van der Waals surface area contributed by atoms with Crippen molar-refractivity contribution in [1.29, 1.82) is 0 Å². The SMILES string of the molecule is Cc1cc(NC(=O)Cc2cn3cc(F)ccc3n2)ccn1. The first-order chi connectivity index (χ1) is 10.1. The van der Waals surface area contributed by atoms with Gasteiger partial charge in [0.25, 0.3) is 0 Å². The molecule has 3 aromatic rings. The highest BCUT2D eigenvalue weighted by molar-refractivity contribution is 5.92. The van der Waals surface area contributed by atoms with E-state index in [4.69, 9.17) is 0 Å². The van der Waals surface area contributed by atoms with Gasteiger partial charge in [0.2, 0.25) is 5.91 Å². The van der Waals surface area contributed by atoms with E-state index in [0.717, 1.165) is 5.69 Å². The van der Waals surface area contributed by atoms with Crippen molar-refractivity contribution in [3.05, 3.63) is 60.1 Å². The van der Waals surface area contributed by atoms with Crippen molar-refractivity contribution in [2.45, 2.75) is 13.3 Å². The molecule has 5 nitrogen and oxygen atoms in total. The predicted molar refractivity (Wildman–Crippen MR) is 76.5 cm³/mol. The number of aryl methyl sites for hydroxylation is 1. The molecule has 0 fully saturated rings. The molecule has 0 bridgehead atoms. The Balaban J connectivity index is 1.74. The van der Waals surface area contributed by atoms with E-state index in [1.54, 1.807) is 35.0 Å². The molecule has 1 amide bonds. The number of halogens is 1. The minimum atomic E-state index is -0.344. The number of carbonyl (C=O) groups is 1. The molecule has 106 valence electrons. The summed E-state index contributed by atoms with van der Waals surface area (Å²) in [5.41, 5.74) is 2.72. The second kappa shape index (κ2) is 5.32. The van der Waals surface area contributed by atoms with Crippen LogP contribution in [-0.2, 0) is 11.2 Å². The van der Waals surface area contributed by atoms with Crippen LogP contribution in [0.5, 0.6) is 0 Å². The molecule has 0 aliphatic rings. The third kappa shape index (κ3) is 3.05. The van der Waals surface area contributed by atoms with E-state index in [1.165, 1.54) is 12.3 Å². The Hall–Kier alpha value is -2.76. The third-order valence-corrected chi connectivity index (χ3v) is 2.99. The van der Waals surface area contributed by atoms with Crippen LogP contribution in [0.25, 0.3) is 5.65 Å². The van der Waals surface area contributed by atoms with Crippen LogP contribution in [0.15, 0.2) is 42.9 Å². The lowest BCUT2D eigenvalue weighted by Gasteiger charge is -2.04. The number of carbonyl (C=O) groups excluding carboxylic acids is 1. The van der Waals surface area contributed by atoms with E-state index >= 15 is 0 Å². The predicted octanol–water partition coefficient (Wildman–Crippen LogP) is 2.36. The number of rotatable bonds is 3. The molecule has 3 heterocycles. The molecule has 6 heteroatoms. The lowest BCUT2D eigenvalue weighted by atomic mass is 10.3. The van der Waals surface area contributed by atoms with E-state index in [-0.39, 0.29) is 18.1 Å². The van der Waals surface area contributed by atoms with Gasteiger partial charge >= 0.3 is 0 Å². The molecule has 0 saturated heterocycles. The fraction of sp³-hybridized carbons (Fsp3) is 0.133. The molecule has 0 saturated carbocycles. The smallest absolute Gasteiger partial charge is 0.230 e. The molecule has 0 atom stereocenters. The minimum absolute atomic E-state index is 0.130. The van der Waals surface area contributed by atoms with E-state index < -0.39 is 0 Å². The van der Waals surface area contributed by atoms with E-state index in [9.17, 15) is 9.18 Å². The quantitative estimate of drug-likeness (QED) is 0.803. The Morgan fingerprint density at radius 1 is 1.33 bits per heavy atom. The van der Waals surface area contributed by atoms with Gasteiger partial charge < -0.3 is 9.72 Å². The van der Waals surface area contributed by atoms with Crippen molar-refractivity contribution in [2.24, 2.45) is 0 Å². The second-order valence-electron chi connectivity index (χ2n) is 4.76. The first-order valence-corrected chi connectivity index (χ1v) is 6.46. The van der Waals surface area contributed by atoms with Gasteiger partial charge in [-0.3, -0.25) is 9.78 Å². The number of pyridine rings is 2. The van der Waals surface area contributed by atoms with Gasteiger partial charge in [-0.15, -0.1) is 0 Å². The fourth-order valence-electron chi connectivity index (χ4n) is 2.10. The van der Waals surface area contributed by atoms with Crippen LogP contribution < -0.4 is 5.32 Å². The van der Waals surface area contributed by atoms with Gasteiger partial charge in [0.1, 0.15) is 11.5 Å². The minimum Gasteiger partial charge on any atom is -0.326 e. The molecule has 3 aromatic heterocycles. The largest absolute Gasteiger partial charge is 0.326 e. The number of anilines is 1. The molecule has 1 N–H and O–H groups in total. The number of aromatic nitrogens is 3. The molecule has 0 radical (unpaired) electrons. The van der Waals surface area contributed by atoms with Crippen LogP contribution in [0.3, 0.4) is 0 Å². The number of nitrogens with one attached hydrogen (secondary N) is 1. The van der Waals surface area contributed by atoms with Crippen LogP contribution in [0.1, 0.15) is 11.4 Å². The highest BCUT2D eigenvalue weighted by Crippen LogP contribution is 2.10. The third-order valence-electron chi connectivity index (χ3n) is 2.99. The number of imidazole rings is 1. The highest BCUT2D eigenvalue weighted by Gasteiger charge is 2.08. The number of amides is 1. The van der Waals surface area contributed by atoms with Crippen molar-refractivity contribution < 1.29 is 9.18 Å². The van der Waals surface area contributed by atoms with Crippen molar-refractivity contribution >= 4 is 17.2 Å². The molecule has 0 spiro atoms. The molecular formula is C15H13FN4O. The Kier molecular flexibility index (Phi) is 3.35. The molecule has 21 heavy (non-hydrogen) atoms. The van der Waals surface area contributed by atoms with Crippen LogP contribution in [0.2, 0.25) is 0 Å². The van der Waals surface area contributed by atoms with Crippen molar-refractivity contribution in [2.75, 3.05) is 5.32 Å². The topological polar surface area (TPSA) is 59.3 Å². The number of fused-ring (bicyclic) bond motifs is 1. The Morgan fingerprint density at radius 3 is 3.00 bits per heavy atom. The highest BCUT2D eigenvalue weighted by atomic mass is 19.1. The van der Waals surface area contributed by atoms with E-state index in [2.05, 4.69) is 15.3 Å². The van der Waals surface area contributed by atoms with Gasteiger partial charge in [0, 0.05) is 30.0 Å². The summed E-state index contributed by atoms with van der Waals surface area (Å²) in [6.45, 7) is 1.85. The van der Waals surface area contributed by atoms with Gasteiger partial charge in [0.15, 0.2) is 0 Å².